The molecule has 0 atom stereocenters. The SMILES string of the molecule is O=C(CSc1nnc(NC(=O)c2cccc(F)c2)s1)NCc1ccco1. The molecule has 1 aromatic carbocycles. The van der Waals surface area contributed by atoms with E-state index in [1.807, 2.05) is 0 Å². The first kappa shape index (κ1) is 18.1. The smallest absolute Gasteiger partial charge is 0.257 e. The molecule has 10 heteroatoms. The third kappa shape index (κ3) is 5.14. The van der Waals surface area contributed by atoms with Gasteiger partial charge in [0.05, 0.1) is 18.6 Å². The number of amides is 2. The van der Waals surface area contributed by atoms with Gasteiger partial charge in [0.2, 0.25) is 11.0 Å². The van der Waals surface area contributed by atoms with Crippen molar-refractivity contribution in [1.82, 2.24) is 15.5 Å². The first-order valence-corrected chi connectivity index (χ1v) is 9.22. The lowest BCUT2D eigenvalue weighted by molar-refractivity contribution is -0.118. The van der Waals surface area contributed by atoms with Crippen molar-refractivity contribution in [3.8, 4) is 0 Å². The second-order valence-electron chi connectivity index (χ2n) is 4.98. The Morgan fingerprint density at radius 2 is 2.12 bits per heavy atom. The minimum atomic E-state index is -0.494. The third-order valence-corrected chi connectivity index (χ3v) is 5.05. The maximum Gasteiger partial charge on any atom is 0.257 e. The molecule has 3 aromatic rings. The van der Waals surface area contributed by atoms with E-state index in [0.29, 0.717) is 16.6 Å². The van der Waals surface area contributed by atoms with Crippen molar-refractivity contribution >= 4 is 40.0 Å². The predicted octanol–water partition coefficient (Wildman–Crippen LogP) is 2.93. The molecule has 0 aliphatic rings. The lowest BCUT2D eigenvalue weighted by Crippen LogP contribution is -2.24. The van der Waals surface area contributed by atoms with Crippen LogP contribution < -0.4 is 10.6 Å². The highest BCUT2D eigenvalue weighted by atomic mass is 32.2. The number of carbonyl (C=O) groups is 2. The maximum absolute atomic E-state index is 13.1. The Hall–Kier alpha value is -2.72. The summed E-state index contributed by atoms with van der Waals surface area (Å²) in [5.74, 6) is -0.318. The molecule has 7 nitrogen and oxygen atoms in total. The molecule has 2 N–H and O–H groups in total. The molecule has 0 spiro atoms. The van der Waals surface area contributed by atoms with E-state index in [1.165, 1.54) is 36.2 Å². The zero-order valence-corrected chi connectivity index (χ0v) is 14.9. The highest BCUT2D eigenvalue weighted by molar-refractivity contribution is 8.01. The molecule has 26 heavy (non-hydrogen) atoms. The molecule has 0 radical (unpaired) electrons. The third-order valence-electron chi connectivity index (χ3n) is 3.08. The number of rotatable bonds is 7. The van der Waals surface area contributed by atoms with Gasteiger partial charge in [-0.1, -0.05) is 29.2 Å². The fraction of sp³-hybridized carbons (Fsp3) is 0.125. The average Bonchev–Trinajstić information content (AvgIpc) is 3.30. The van der Waals surface area contributed by atoms with E-state index in [4.69, 9.17) is 4.42 Å². The number of carbonyl (C=O) groups excluding carboxylic acids is 2. The molecule has 134 valence electrons. The highest BCUT2D eigenvalue weighted by Gasteiger charge is 2.12. The van der Waals surface area contributed by atoms with Gasteiger partial charge in [-0.3, -0.25) is 14.9 Å². The summed E-state index contributed by atoms with van der Waals surface area (Å²) in [6.07, 6.45) is 1.54. The Bertz CT molecular complexity index is 899. The van der Waals surface area contributed by atoms with Crippen LogP contribution in [0.15, 0.2) is 51.4 Å². The number of furan rings is 1. The van der Waals surface area contributed by atoms with E-state index in [1.54, 1.807) is 12.1 Å². The van der Waals surface area contributed by atoms with Gasteiger partial charge in [-0.05, 0) is 30.3 Å². The summed E-state index contributed by atoms with van der Waals surface area (Å²) < 4.78 is 18.8. The molecule has 0 saturated carbocycles. The summed E-state index contributed by atoms with van der Waals surface area (Å²) in [6, 6.07) is 8.86. The molecule has 0 aliphatic heterocycles. The van der Waals surface area contributed by atoms with E-state index in [9.17, 15) is 14.0 Å². The Morgan fingerprint density at radius 1 is 1.23 bits per heavy atom. The number of thioether (sulfide) groups is 1. The van der Waals surface area contributed by atoms with Crippen molar-refractivity contribution in [3.05, 3.63) is 59.8 Å². The Kier molecular flexibility index (Phi) is 5.97. The van der Waals surface area contributed by atoms with Crippen LogP contribution in [0.1, 0.15) is 16.1 Å². The molecule has 0 unspecified atom stereocenters. The van der Waals surface area contributed by atoms with Crippen molar-refractivity contribution in [2.24, 2.45) is 0 Å². The second kappa shape index (κ2) is 8.59. The normalized spacial score (nSPS) is 10.5. The number of halogens is 1. The number of hydrogen-bond acceptors (Lipinski definition) is 7. The van der Waals surface area contributed by atoms with Crippen LogP contribution in [-0.4, -0.2) is 27.8 Å². The van der Waals surface area contributed by atoms with E-state index >= 15 is 0 Å². The Balaban J connectivity index is 1.47. The molecule has 2 aromatic heterocycles. The topological polar surface area (TPSA) is 97.1 Å². The largest absolute Gasteiger partial charge is 0.467 e. The molecule has 2 amide bonds. The molecule has 0 saturated heterocycles. The van der Waals surface area contributed by atoms with Gasteiger partial charge in [0.1, 0.15) is 11.6 Å². The van der Waals surface area contributed by atoms with Crippen LogP contribution >= 0.6 is 23.1 Å². The van der Waals surface area contributed by atoms with Crippen molar-refractivity contribution in [2.45, 2.75) is 10.9 Å². The summed E-state index contributed by atoms with van der Waals surface area (Å²) in [7, 11) is 0. The minimum absolute atomic E-state index is 0.160. The molecule has 0 bridgehead atoms. The molecule has 0 aliphatic carbocycles. The van der Waals surface area contributed by atoms with Gasteiger partial charge in [-0.2, -0.15) is 0 Å². The van der Waals surface area contributed by atoms with E-state index < -0.39 is 11.7 Å². The van der Waals surface area contributed by atoms with Gasteiger partial charge in [0.25, 0.3) is 5.91 Å². The van der Waals surface area contributed by atoms with Gasteiger partial charge < -0.3 is 9.73 Å². The van der Waals surface area contributed by atoms with Crippen LogP contribution in [0.2, 0.25) is 0 Å². The van der Waals surface area contributed by atoms with Crippen molar-refractivity contribution in [1.29, 1.82) is 0 Å². The first-order chi connectivity index (χ1) is 12.6. The molecule has 0 fully saturated rings. The lowest BCUT2D eigenvalue weighted by atomic mass is 10.2. The van der Waals surface area contributed by atoms with Crippen LogP contribution in [0.5, 0.6) is 0 Å². The van der Waals surface area contributed by atoms with Crippen LogP contribution in [-0.2, 0) is 11.3 Å². The van der Waals surface area contributed by atoms with Crippen LogP contribution in [0.3, 0.4) is 0 Å². The van der Waals surface area contributed by atoms with Gasteiger partial charge in [0, 0.05) is 5.56 Å². The summed E-state index contributed by atoms with van der Waals surface area (Å²) in [5, 5.41) is 13.3. The van der Waals surface area contributed by atoms with Crippen LogP contribution in [0.25, 0.3) is 0 Å². The minimum Gasteiger partial charge on any atom is -0.467 e. The predicted molar refractivity (Wildman–Crippen MR) is 95.5 cm³/mol. The number of aromatic nitrogens is 2. The summed E-state index contributed by atoms with van der Waals surface area (Å²) >= 11 is 2.34. The van der Waals surface area contributed by atoms with Gasteiger partial charge in [-0.15, -0.1) is 10.2 Å². The van der Waals surface area contributed by atoms with Gasteiger partial charge in [0.15, 0.2) is 4.34 Å². The molecular formula is C16H13FN4O3S2. The van der Waals surface area contributed by atoms with E-state index in [2.05, 4.69) is 20.8 Å². The first-order valence-electron chi connectivity index (χ1n) is 7.42. The fourth-order valence-corrected chi connectivity index (χ4v) is 3.47. The Morgan fingerprint density at radius 3 is 2.88 bits per heavy atom. The lowest BCUT2D eigenvalue weighted by Gasteiger charge is -2.01. The number of nitrogens with zero attached hydrogens (tertiary/aromatic N) is 2. The van der Waals surface area contributed by atoms with E-state index in [0.717, 1.165) is 17.4 Å². The second-order valence-corrected chi connectivity index (χ2v) is 7.18. The number of nitrogens with one attached hydrogen (secondary N) is 2. The summed E-state index contributed by atoms with van der Waals surface area (Å²) in [6.45, 7) is 0.317. The van der Waals surface area contributed by atoms with Crippen molar-refractivity contribution in [2.75, 3.05) is 11.1 Å². The highest BCUT2D eigenvalue weighted by Crippen LogP contribution is 2.25. The van der Waals surface area contributed by atoms with Crippen molar-refractivity contribution in [3.63, 3.8) is 0 Å². The zero-order valence-electron chi connectivity index (χ0n) is 13.3. The number of anilines is 1. The molecule has 3 rings (SSSR count). The van der Waals surface area contributed by atoms with Gasteiger partial charge >= 0.3 is 0 Å². The number of hydrogen-bond donors (Lipinski definition) is 2. The number of benzene rings is 1. The molecular weight excluding hydrogens is 379 g/mol. The maximum atomic E-state index is 13.1. The summed E-state index contributed by atoms with van der Waals surface area (Å²) in [5.41, 5.74) is 0.187. The standard InChI is InChI=1S/C16H13FN4O3S2/c17-11-4-1-3-10(7-11)14(23)19-15-20-21-16(26-15)25-9-13(22)18-8-12-5-2-6-24-12/h1-7H,8-9H2,(H,18,22)(H,19,20,23). The van der Waals surface area contributed by atoms with Gasteiger partial charge in [-0.25, -0.2) is 4.39 Å². The average molecular weight is 392 g/mol. The van der Waals surface area contributed by atoms with Crippen LogP contribution in [0.4, 0.5) is 9.52 Å². The van der Waals surface area contributed by atoms with Crippen molar-refractivity contribution < 1.29 is 18.4 Å². The summed E-state index contributed by atoms with van der Waals surface area (Å²) in [4.78, 5) is 23.8. The Labute approximate surface area is 156 Å². The monoisotopic (exact) mass is 392 g/mol. The fourth-order valence-electron chi connectivity index (χ4n) is 1.89. The zero-order chi connectivity index (χ0) is 18.4. The quantitative estimate of drug-likeness (QED) is 0.474. The van der Waals surface area contributed by atoms with Crippen LogP contribution in [0, 0.1) is 5.82 Å². The van der Waals surface area contributed by atoms with E-state index in [-0.39, 0.29) is 22.4 Å². The molecule has 2 heterocycles.